The molecule has 0 aliphatic carbocycles. The Morgan fingerprint density at radius 3 is 1.96 bits per heavy atom. The lowest BCUT2D eigenvalue weighted by atomic mass is 10.0. The fourth-order valence-corrected chi connectivity index (χ4v) is 7.32. The highest BCUT2D eigenvalue weighted by atomic mass is 32.2. The number of fused-ring (bicyclic) bond motifs is 1. The van der Waals surface area contributed by atoms with E-state index >= 15 is 0 Å². The molecule has 11 nitrogen and oxygen atoms in total. The second-order valence-electron chi connectivity index (χ2n) is 11.2. The number of ether oxygens (including phenoxy) is 1. The van der Waals surface area contributed by atoms with E-state index < -0.39 is 26.1 Å². The van der Waals surface area contributed by atoms with Crippen molar-refractivity contribution < 1.29 is 36.0 Å². The summed E-state index contributed by atoms with van der Waals surface area (Å²) in [5.74, 6) is -1.22. The van der Waals surface area contributed by atoms with E-state index in [0.29, 0.717) is 16.8 Å². The number of carbonyl (C=O) groups is 1. The number of nitrogens with zero attached hydrogens (tertiary/aromatic N) is 2. The zero-order valence-corrected chi connectivity index (χ0v) is 28.5. The molecular formula is C31H45N3O8S3. The maximum atomic E-state index is 13.0. The highest BCUT2D eigenvalue weighted by Crippen LogP contribution is 2.24. The molecule has 3 N–H and O–H groups in total. The number of unbranched alkanes of at least 4 members (excludes halogenated alkanes) is 13. The summed E-state index contributed by atoms with van der Waals surface area (Å²) in [6.07, 6.45) is 17.2. The van der Waals surface area contributed by atoms with Gasteiger partial charge in [-0.3, -0.25) is 4.55 Å². The minimum atomic E-state index is -4.42. The summed E-state index contributed by atoms with van der Waals surface area (Å²) < 4.78 is 65.9. The molecule has 1 aromatic heterocycles. The summed E-state index contributed by atoms with van der Waals surface area (Å²) in [5.41, 5.74) is 0.148. The van der Waals surface area contributed by atoms with Crippen molar-refractivity contribution in [2.75, 3.05) is 6.61 Å². The number of hydrogen-bond donors (Lipinski definition) is 3. The van der Waals surface area contributed by atoms with Gasteiger partial charge in [-0.25, -0.2) is 4.79 Å². The minimum absolute atomic E-state index is 0.0960. The molecule has 0 bridgehead atoms. The van der Waals surface area contributed by atoms with E-state index in [-0.39, 0.29) is 25.9 Å². The Morgan fingerprint density at radius 1 is 0.844 bits per heavy atom. The number of carboxylic acids is 1. The zero-order valence-electron chi connectivity index (χ0n) is 26.0. The van der Waals surface area contributed by atoms with Gasteiger partial charge in [-0.1, -0.05) is 102 Å². The Balaban J connectivity index is 1.48. The predicted molar refractivity (Wildman–Crippen MR) is 176 cm³/mol. The molecule has 0 atom stereocenters. The average molecular weight is 684 g/mol. The van der Waals surface area contributed by atoms with Crippen LogP contribution in [0, 0.1) is 0 Å². The summed E-state index contributed by atoms with van der Waals surface area (Å²) in [6, 6.07) is 7.59. The lowest BCUT2D eigenvalue weighted by Crippen LogP contribution is -2.24. The molecule has 14 heteroatoms. The first-order chi connectivity index (χ1) is 21.4. The SMILES string of the molecule is CCCCCCCCCCCCCCCCOc1ccc(S(=O)(=O)N/N=c2/sc3ccc(S(=O)(=O)O)cc3n2C)cc1C(=O)O. The van der Waals surface area contributed by atoms with Crippen molar-refractivity contribution in [3.05, 3.63) is 46.8 Å². The van der Waals surface area contributed by atoms with Crippen molar-refractivity contribution in [2.24, 2.45) is 12.1 Å². The summed E-state index contributed by atoms with van der Waals surface area (Å²) in [4.78, 5) is 13.6. The van der Waals surface area contributed by atoms with Crippen molar-refractivity contribution in [2.45, 2.75) is 107 Å². The third-order valence-corrected chi connectivity index (χ3v) is 10.8. The molecule has 1 heterocycles. The van der Waals surface area contributed by atoms with E-state index in [4.69, 9.17) is 4.74 Å². The van der Waals surface area contributed by atoms with Crippen molar-refractivity contribution in [1.29, 1.82) is 0 Å². The van der Waals surface area contributed by atoms with E-state index in [1.54, 1.807) is 7.05 Å². The topological polar surface area (TPSA) is 164 Å². The van der Waals surface area contributed by atoms with Gasteiger partial charge < -0.3 is 14.4 Å². The fourth-order valence-electron chi connectivity index (χ4n) is 4.97. The number of sulfonamides is 1. The predicted octanol–water partition coefficient (Wildman–Crippen LogP) is 6.84. The van der Waals surface area contributed by atoms with Gasteiger partial charge in [0.25, 0.3) is 20.1 Å². The van der Waals surface area contributed by atoms with Gasteiger partial charge in [-0.15, -0.1) is 5.10 Å². The zero-order chi connectivity index (χ0) is 32.9. The molecule has 3 rings (SSSR count). The molecule has 0 fully saturated rings. The summed E-state index contributed by atoms with van der Waals surface area (Å²) in [6.45, 7) is 2.57. The van der Waals surface area contributed by atoms with Gasteiger partial charge in [0.15, 0.2) is 0 Å². The molecule has 0 spiro atoms. The third kappa shape index (κ3) is 11.4. The highest BCUT2D eigenvalue weighted by molar-refractivity contribution is 7.89. The first kappa shape index (κ1) is 36.5. The standard InChI is InChI=1S/C31H45N3O8S3/c1-3-4-5-6-7-8-9-10-11-12-13-14-15-16-21-42-28-19-17-24(22-26(28)30(35)36)44(37,38)33-32-31-34(2)27-23-25(45(39,40)41)18-20-29(27)43-31/h17-20,22-23,33H,3-16,21H2,1-2H3,(H,35,36)(H,39,40,41)/b32-31+. The number of aromatic nitrogens is 1. The van der Waals surface area contributed by atoms with Crippen LogP contribution in [0.25, 0.3) is 10.2 Å². The van der Waals surface area contributed by atoms with Crippen molar-refractivity contribution in [3.63, 3.8) is 0 Å². The highest BCUT2D eigenvalue weighted by Gasteiger charge is 2.20. The normalized spacial score (nSPS) is 12.6. The number of rotatable bonds is 21. The van der Waals surface area contributed by atoms with Crippen LogP contribution in [-0.2, 0) is 27.2 Å². The molecule has 0 radical (unpaired) electrons. The van der Waals surface area contributed by atoms with Crippen molar-refractivity contribution >= 4 is 47.7 Å². The number of benzene rings is 2. The molecule has 250 valence electrons. The fraction of sp³-hybridized carbons (Fsp3) is 0.548. The number of hydrogen-bond acceptors (Lipinski definition) is 8. The van der Waals surface area contributed by atoms with Crippen LogP contribution in [0.3, 0.4) is 0 Å². The van der Waals surface area contributed by atoms with E-state index in [9.17, 15) is 31.3 Å². The number of aromatic carboxylic acids is 1. The van der Waals surface area contributed by atoms with Crippen LogP contribution in [0.5, 0.6) is 5.75 Å². The molecule has 2 aromatic carbocycles. The van der Waals surface area contributed by atoms with Crippen LogP contribution in [0.2, 0.25) is 0 Å². The number of aryl methyl sites for hydroxylation is 1. The van der Waals surface area contributed by atoms with Gasteiger partial charge in [0.05, 0.1) is 26.6 Å². The maximum absolute atomic E-state index is 13.0. The Kier molecular flexibility index (Phi) is 14.3. The smallest absolute Gasteiger partial charge is 0.339 e. The first-order valence-electron chi connectivity index (χ1n) is 15.6. The average Bonchev–Trinajstić information content (AvgIpc) is 3.32. The first-order valence-corrected chi connectivity index (χ1v) is 19.3. The van der Waals surface area contributed by atoms with Crippen LogP contribution in [0.1, 0.15) is 107 Å². The van der Waals surface area contributed by atoms with E-state index in [1.165, 1.54) is 106 Å². The van der Waals surface area contributed by atoms with E-state index in [0.717, 1.165) is 36.7 Å². The molecule has 0 saturated carbocycles. The van der Waals surface area contributed by atoms with E-state index in [2.05, 4.69) is 16.9 Å². The Bertz CT molecular complexity index is 1700. The Morgan fingerprint density at radius 2 is 1.40 bits per heavy atom. The van der Waals surface area contributed by atoms with Crippen molar-refractivity contribution in [1.82, 2.24) is 9.40 Å². The molecule has 0 amide bonds. The van der Waals surface area contributed by atoms with Gasteiger partial charge >= 0.3 is 5.97 Å². The van der Waals surface area contributed by atoms with Crippen molar-refractivity contribution in [3.8, 4) is 5.75 Å². The maximum Gasteiger partial charge on any atom is 0.339 e. The third-order valence-electron chi connectivity index (χ3n) is 7.59. The van der Waals surface area contributed by atoms with Crippen LogP contribution in [0.15, 0.2) is 51.3 Å². The summed E-state index contributed by atoms with van der Waals surface area (Å²) >= 11 is 1.09. The summed E-state index contributed by atoms with van der Waals surface area (Å²) in [5, 5.41) is 13.7. The summed E-state index contributed by atoms with van der Waals surface area (Å²) in [7, 11) is -7.10. The largest absolute Gasteiger partial charge is 0.493 e. The molecule has 0 saturated heterocycles. The van der Waals surface area contributed by atoms with Crippen LogP contribution in [0.4, 0.5) is 0 Å². The van der Waals surface area contributed by atoms with Gasteiger partial charge in [0.2, 0.25) is 4.80 Å². The lowest BCUT2D eigenvalue weighted by molar-refractivity contribution is 0.0691. The second-order valence-corrected chi connectivity index (χ2v) is 15.3. The quantitative estimate of drug-likeness (QED) is 0.0624. The number of nitrogens with one attached hydrogen (secondary N) is 1. The molecule has 45 heavy (non-hydrogen) atoms. The monoisotopic (exact) mass is 683 g/mol. The molecular weight excluding hydrogens is 639 g/mol. The van der Waals surface area contributed by atoms with Crippen LogP contribution < -0.4 is 14.4 Å². The Hall–Kier alpha value is -2.94. The number of thiazole rings is 1. The van der Waals surface area contributed by atoms with Crippen LogP contribution in [-0.4, -0.2) is 43.6 Å². The molecule has 0 unspecified atom stereocenters. The number of carboxylic acid groups (broad SMARTS) is 1. The second kappa shape index (κ2) is 17.7. The van der Waals surface area contributed by atoms with Gasteiger partial charge in [0, 0.05) is 7.05 Å². The lowest BCUT2D eigenvalue weighted by Gasteiger charge is -2.11. The molecule has 0 aliphatic rings. The minimum Gasteiger partial charge on any atom is -0.493 e. The van der Waals surface area contributed by atoms with E-state index in [1.807, 2.05) is 0 Å². The Labute approximate surface area is 270 Å². The molecule has 0 aliphatic heterocycles. The van der Waals surface area contributed by atoms with Gasteiger partial charge in [-0.2, -0.15) is 21.7 Å². The van der Waals surface area contributed by atoms with Crippen LogP contribution >= 0.6 is 11.3 Å². The molecule has 3 aromatic rings. The van der Waals surface area contributed by atoms with Gasteiger partial charge in [-0.05, 0) is 42.8 Å². The van der Waals surface area contributed by atoms with Gasteiger partial charge in [0.1, 0.15) is 11.3 Å².